The lowest BCUT2D eigenvalue weighted by Crippen LogP contribution is -2.30. The van der Waals surface area contributed by atoms with Crippen molar-refractivity contribution in [2.75, 3.05) is 18.0 Å². The van der Waals surface area contributed by atoms with Crippen LogP contribution >= 0.6 is 0 Å². The SMILES string of the molecule is NC(N)=NC(=O)OCc1cccc(-c2cnc(N3CCCCC3)nc2)c1. The molecule has 0 spiro atoms. The maximum absolute atomic E-state index is 11.4. The highest BCUT2D eigenvalue weighted by Gasteiger charge is 2.13. The molecule has 136 valence electrons. The molecular formula is C18H22N6O2. The Balaban J connectivity index is 1.67. The molecule has 3 rings (SSSR count). The van der Waals surface area contributed by atoms with Crippen molar-refractivity contribution in [2.24, 2.45) is 16.5 Å². The third-order valence-electron chi connectivity index (χ3n) is 4.12. The zero-order chi connectivity index (χ0) is 18.4. The summed E-state index contributed by atoms with van der Waals surface area (Å²) >= 11 is 0. The molecule has 1 aromatic carbocycles. The van der Waals surface area contributed by atoms with Crippen LogP contribution in [0.15, 0.2) is 41.7 Å². The van der Waals surface area contributed by atoms with Gasteiger partial charge in [-0.25, -0.2) is 14.8 Å². The van der Waals surface area contributed by atoms with Crippen molar-refractivity contribution in [3.8, 4) is 11.1 Å². The summed E-state index contributed by atoms with van der Waals surface area (Å²) in [7, 11) is 0. The molecule has 0 saturated carbocycles. The smallest absolute Gasteiger partial charge is 0.437 e. The number of aliphatic imine (C=N–C) groups is 1. The van der Waals surface area contributed by atoms with E-state index in [1.54, 1.807) is 0 Å². The number of benzene rings is 1. The molecule has 0 unspecified atom stereocenters. The fourth-order valence-corrected chi connectivity index (χ4v) is 2.85. The number of nitrogens with zero attached hydrogens (tertiary/aromatic N) is 4. The molecule has 2 heterocycles. The van der Waals surface area contributed by atoms with Crippen LogP contribution in [0.5, 0.6) is 0 Å². The molecular weight excluding hydrogens is 332 g/mol. The van der Waals surface area contributed by atoms with E-state index in [1.807, 2.05) is 36.7 Å². The number of guanidine groups is 1. The first-order valence-corrected chi connectivity index (χ1v) is 8.54. The van der Waals surface area contributed by atoms with Gasteiger partial charge in [0, 0.05) is 31.0 Å². The van der Waals surface area contributed by atoms with E-state index in [0.717, 1.165) is 35.7 Å². The second kappa shape index (κ2) is 8.28. The van der Waals surface area contributed by atoms with Gasteiger partial charge in [-0.1, -0.05) is 18.2 Å². The van der Waals surface area contributed by atoms with Gasteiger partial charge >= 0.3 is 6.09 Å². The molecule has 0 bridgehead atoms. The highest BCUT2D eigenvalue weighted by molar-refractivity contribution is 5.87. The van der Waals surface area contributed by atoms with Crippen molar-refractivity contribution >= 4 is 18.0 Å². The summed E-state index contributed by atoms with van der Waals surface area (Å²) in [6, 6.07) is 7.62. The van der Waals surface area contributed by atoms with Crippen molar-refractivity contribution in [3.63, 3.8) is 0 Å². The first kappa shape index (κ1) is 17.7. The van der Waals surface area contributed by atoms with E-state index in [-0.39, 0.29) is 12.6 Å². The van der Waals surface area contributed by atoms with E-state index in [0.29, 0.717) is 0 Å². The summed E-state index contributed by atoms with van der Waals surface area (Å²) < 4.78 is 5.00. The van der Waals surface area contributed by atoms with Gasteiger partial charge in [-0.2, -0.15) is 0 Å². The predicted molar refractivity (Wildman–Crippen MR) is 99.5 cm³/mol. The van der Waals surface area contributed by atoms with Gasteiger partial charge in [0.15, 0.2) is 5.96 Å². The van der Waals surface area contributed by atoms with Gasteiger partial charge in [0.05, 0.1) is 0 Å². The number of hydrogen-bond acceptors (Lipinski definition) is 5. The monoisotopic (exact) mass is 354 g/mol. The Morgan fingerprint density at radius 1 is 1.12 bits per heavy atom. The molecule has 26 heavy (non-hydrogen) atoms. The van der Waals surface area contributed by atoms with Gasteiger partial charge < -0.3 is 21.1 Å². The molecule has 0 aliphatic carbocycles. The van der Waals surface area contributed by atoms with Gasteiger partial charge in [-0.15, -0.1) is 4.99 Å². The Morgan fingerprint density at radius 2 is 1.85 bits per heavy atom. The molecule has 1 fully saturated rings. The summed E-state index contributed by atoms with van der Waals surface area (Å²) in [5.74, 6) is 0.450. The van der Waals surface area contributed by atoms with E-state index in [9.17, 15) is 4.79 Å². The number of amides is 1. The first-order chi connectivity index (χ1) is 12.6. The van der Waals surface area contributed by atoms with Crippen LogP contribution in [0.25, 0.3) is 11.1 Å². The number of carbonyl (C=O) groups excluding carboxylic acids is 1. The number of ether oxygens (including phenoxy) is 1. The van der Waals surface area contributed by atoms with Gasteiger partial charge in [0.2, 0.25) is 5.95 Å². The zero-order valence-electron chi connectivity index (χ0n) is 14.5. The third-order valence-corrected chi connectivity index (χ3v) is 4.12. The zero-order valence-corrected chi connectivity index (χ0v) is 14.5. The molecule has 1 aromatic heterocycles. The van der Waals surface area contributed by atoms with Crippen LogP contribution in [0.1, 0.15) is 24.8 Å². The predicted octanol–water partition coefficient (Wildman–Crippen LogP) is 2.04. The van der Waals surface area contributed by atoms with E-state index >= 15 is 0 Å². The number of carbonyl (C=O) groups is 1. The van der Waals surface area contributed by atoms with Crippen LogP contribution in [-0.4, -0.2) is 35.1 Å². The highest BCUT2D eigenvalue weighted by atomic mass is 16.5. The minimum atomic E-state index is -0.815. The number of nitrogens with two attached hydrogens (primary N) is 2. The number of piperidine rings is 1. The largest absolute Gasteiger partial charge is 0.443 e. The maximum Gasteiger partial charge on any atom is 0.437 e. The van der Waals surface area contributed by atoms with Crippen LogP contribution in [0.2, 0.25) is 0 Å². The lowest BCUT2D eigenvalue weighted by Gasteiger charge is -2.26. The molecule has 2 aromatic rings. The highest BCUT2D eigenvalue weighted by Crippen LogP contribution is 2.22. The Morgan fingerprint density at radius 3 is 2.54 bits per heavy atom. The minimum absolute atomic E-state index is 0.0795. The summed E-state index contributed by atoms with van der Waals surface area (Å²) in [6.07, 6.45) is 6.47. The second-order valence-corrected chi connectivity index (χ2v) is 6.11. The van der Waals surface area contributed by atoms with Crippen LogP contribution in [0.3, 0.4) is 0 Å². The molecule has 0 radical (unpaired) electrons. The van der Waals surface area contributed by atoms with E-state index in [2.05, 4.69) is 19.9 Å². The maximum atomic E-state index is 11.4. The average molecular weight is 354 g/mol. The normalized spacial score (nSPS) is 13.9. The molecule has 8 nitrogen and oxygen atoms in total. The lowest BCUT2D eigenvalue weighted by atomic mass is 10.1. The topological polar surface area (TPSA) is 120 Å². The second-order valence-electron chi connectivity index (χ2n) is 6.11. The van der Waals surface area contributed by atoms with Crippen LogP contribution in [0, 0.1) is 0 Å². The molecule has 1 amide bonds. The van der Waals surface area contributed by atoms with Crippen molar-refractivity contribution in [1.82, 2.24) is 9.97 Å². The Hall–Kier alpha value is -3.16. The molecule has 1 saturated heterocycles. The van der Waals surface area contributed by atoms with Gasteiger partial charge in [0.25, 0.3) is 0 Å². The minimum Gasteiger partial charge on any atom is -0.443 e. The Labute approximate surface area is 151 Å². The summed E-state index contributed by atoms with van der Waals surface area (Å²) in [5, 5.41) is 0. The molecule has 4 N–H and O–H groups in total. The van der Waals surface area contributed by atoms with Crippen molar-refractivity contribution in [1.29, 1.82) is 0 Å². The number of hydrogen-bond donors (Lipinski definition) is 2. The van der Waals surface area contributed by atoms with Crippen molar-refractivity contribution < 1.29 is 9.53 Å². The summed E-state index contributed by atoms with van der Waals surface area (Å²) in [6.45, 7) is 2.10. The van der Waals surface area contributed by atoms with Gasteiger partial charge in [0.1, 0.15) is 6.61 Å². The Kier molecular flexibility index (Phi) is 5.62. The van der Waals surface area contributed by atoms with Crippen LogP contribution in [-0.2, 0) is 11.3 Å². The number of aromatic nitrogens is 2. The average Bonchev–Trinajstić information content (AvgIpc) is 2.67. The Bertz CT molecular complexity index is 781. The van der Waals surface area contributed by atoms with E-state index in [1.165, 1.54) is 19.3 Å². The standard InChI is InChI=1S/C18H22N6O2/c19-16(20)23-18(25)26-12-13-5-4-6-14(9-13)15-10-21-17(22-11-15)24-7-2-1-3-8-24/h4-6,9-11H,1-3,7-8,12H2,(H4,19,20,23,25). The molecule has 1 aliphatic heterocycles. The molecule has 8 heteroatoms. The van der Waals surface area contributed by atoms with Gasteiger partial charge in [-0.3, -0.25) is 0 Å². The van der Waals surface area contributed by atoms with Crippen LogP contribution < -0.4 is 16.4 Å². The first-order valence-electron chi connectivity index (χ1n) is 8.54. The van der Waals surface area contributed by atoms with E-state index in [4.69, 9.17) is 16.2 Å². The fraction of sp³-hybridized carbons (Fsp3) is 0.333. The molecule has 0 atom stereocenters. The van der Waals surface area contributed by atoms with Crippen molar-refractivity contribution in [2.45, 2.75) is 25.9 Å². The quantitative estimate of drug-likeness (QED) is 0.637. The molecule has 1 aliphatic rings. The van der Waals surface area contributed by atoms with Crippen LogP contribution in [0.4, 0.5) is 10.7 Å². The van der Waals surface area contributed by atoms with Gasteiger partial charge in [-0.05, 0) is 36.5 Å². The van der Waals surface area contributed by atoms with Crippen molar-refractivity contribution in [3.05, 3.63) is 42.2 Å². The number of anilines is 1. The fourth-order valence-electron chi connectivity index (χ4n) is 2.85. The number of rotatable bonds is 4. The summed E-state index contributed by atoms with van der Waals surface area (Å²) in [5.41, 5.74) is 13.0. The third kappa shape index (κ3) is 4.69. The lowest BCUT2D eigenvalue weighted by molar-refractivity contribution is 0.151. The van der Waals surface area contributed by atoms with E-state index < -0.39 is 6.09 Å². The summed E-state index contributed by atoms with van der Waals surface area (Å²) in [4.78, 5) is 25.9.